The molecule has 1 aromatic heterocycles. The smallest absolute Gasteiger partial charge is 0.341 e. The first-order valence-electron chi connectivity index (χ1n) is 7.85. The second-order valence-electron chi connectivity index (χ2n) is 6.64. The number of hydrogen-bond acceptors (Lipinski definition) is 4. The van der Waals surface area contributed by atoms with Gasteiger partial charge in [0.1, 0.15) is 5.57 Å². The maximum absolute atomic E-state index is 13.5. The van der Waals surface area contributed by atoms with Crippen LogP contribution in [0.4, 0.5) is 8.78 Å². The molecule has 0 fully saturated rings. The highest BCUT2D eigenvalue weighted by Crippen LogP contribution is 2.34. The van der Waals surface area contributed by atoms with Gasteiger partial charge in [0.05, 0.1) is 19.0 Å². The Bertz CT molecular complexity index is 918. The van der Waals surface area contributed by atoms with Crippen molar-refractivity contribution in [3.05, 3.63) is 59.1 Å². The van der Waals surface area contributed by atoms with Gasteiger partial charge in [-0.25, -0.2) is 13.6 Å². The molecule has 2 aromatic rings. The highest BCUT2D eigenvalue weighted by atomic mass is 19.2. The van der Waals surface area contributed by atoms with Crippen molar-refractivity contribution in [3.63, 3.8) is 0 Å². The first-order valence-corrected chi connectivity index (χ1v) is 7.85. The molecule has 2 heterocycles. The summed E-state index contributed by atoms with van der Waals surface area (Å²) < 4.78 is 31.5. The monoisotopic (exact) mass is 361 g/mol. The predicted molar refractivity (Wildman–Crippen MR) is 89.0 cm³/mol. The molecule has 0 atom stereocenters. The fourth-order valence-electron chi connectivity index (χ4n) is 2.97. The lowest BCUT2D eigenvalue weighted by Gasteiger charge is -2.28. The molecule has 0 aliphatic carbocycles. The van der Waals surface area contributed by atoms with Gasteiger partial charge in [0.15, 0.2) is 11.6 Å². The van der Waals surface area contributed by atoms with Crippen molar-refractivity contribution in [2.45, 2.75) is 19.3 Å². The minimum absolute atomic E-state index is 0.0242. The highest BCUT2D eigenvalue weighted by Gasteiger charge is 2.36. The van der Waals surface area contributed by atoms with Crippen LogP contribution in [0.25, 0.3) is 5.57 Å². The molecular weight excluding hydrogens is 344 g/mol. The van der Waals surface area contributed by atoms with Crippen LogP contribution in [-0.4, -0.2) is 40.6 Å². The number of methoxy groups -OCH3 is 1. The molecule has 8 heteroatoms. The van der Waals surface area contributed by atoms with E-state index in [0.717, 1.165) is 17.7 Å². The van der Waals surface area contributed by atoms with Crippen LogP contribution < -0.4 is 0 Å². The lowest BCUT2D eigenvalue weighted by Crippen LogP contribution is -2.36. The fraction of sp³-hybridized carbons (Fsp3) is 0.278. The lowest BCUT2D eigenvalue weighted by molar-refractivity contribution is -0.133. The van der Waals surface area contributed by atoms with Crippen molar-refractivity contribution in [3.8, 4) is 0 Å². The van der Waals surface area contributed by atoms with Crippen molar-refractivity contribution in [1.82, 2.24) is 15.1 Å². The van der Waals surface area contributed by atoms with Gasteiger partial charge in [0.2, 0.25) is 0 Å². The Labute approximate surface area is 148 Å². The van der Waals surface area contributed by atoms with Gasteiger partial charge in [0, 0.05) is 29.3 Å². The summed E-state index contributed by atoms with van der Waals surface area (Å²) in [4.78, 5) is 26.4. The molecule has 1 amide bonds. The third-order valence-electron chi connectivity index (χ3n) is 4.32. The minimum Gasteiger partial charge on any atom is -0.465 e. The normalized spacial score (nSPS) is 15.7. The molecular formula is C18H17F2N3O3. The summed E-state index contributed by atoms with van der Waals surface area (Å²) in [5.74, 6) is -3.35. The number of rotatable bonds is 2. The Kier molecular flexibility index (Phi) is 4.35. The summed E-state index contributed by atoms with van der Waals surface area (Å²) in [5, 5.41) is 6.76. The molecule has 1 aromatic carbocycles. The summed E-state index contributed by atoms with van der Waals surface area (Å²) in [7, 11) is 1.23. The van der Waals surface area contributed by atoms with Crippen molar-refractivity contribution in [2.24, 2.45) is 0 Å². The molecule has 1 aliphatic heterocycles. The number of benzene rings is 1. The zero-order valence-corrected chi connectivity index (χ0v) is 14.5. The Morgan fingerprint density at radius 2 is 2.00 bits per heavy atom. The predicted octanol–water partition coefficient (Wildman–Crippen LogP) is 2.64. The lowest BCUT2D eigenvalue weighted by atomic mass is 9.84. The number of carbonyl (C=O) groups excluding carboxylic acids is 2. The van der Waals surface area contributed by atoms with E-state index in [2.05, 4.69) is 10.2 Å². The quantitative estimate of drug-likeness (QED) is 0.835. The summed E-state index contributed by atoms with van der Waals surface area (Å²) in [6, 6.07) is 2.93. The molecule has 136 valence electrons. The Morgan fingerprint density at radius 1 is 1.27 bits per heavy atom. The maximum Gasteiger partial charge on any atom is 0.341 e. The molecule has 0 saturated carbocycles. The molecule has 26 heavy (non-hydrogen) atoms. The number of hydrogen-bond donors (Lipinski definition) is 1. The second kappa shape index (κ2) is 6.36. The largest absolute Gasteiger partial charge is 0.465 e. The van der Waals surface area contributed by atoms with E-state index in [-0.39, 0.29) is 17.7 Å². The summed E-state index contributed by atoms with van der Waals surface area (Å²) in [5.41, 5.74) is 0.755. The Balaban J connectivity index is 2.09. The van der Waals surface area contributed by atoms with Gasteiger partial charge < -0.3 is 9.64 Å². The van der Waals surface area contributed by atoms with Crippen LogP contribution in [0.1, 0.15) is 35.5 Å². The number of halogens is 2. The van der Waals surface area contributed by atoms with E-state index in [1.165, 1.54) is 24.3 Å². The van der Waals surface area contributed by atoms with Crippen LogP contribution in [-0.2, 0) is 14.9 Å². The number of amides is 1. The van der Waals surface area contributed by atoms with E-state index in [9.17, 15) is 18.4 Å². The number of esters is 1. The van der Waals surface area contributed by atoms with E-state index in [4.69, 9.17) is 4.74 Å². The van der Waals surface area contributed by atoms with E-state index >= 15 is 0 Å². The van der Waals surface area contributed by atoms with Gasteiger partial charge >= 0.3 is 5.97 Å². The van der Waals surface area contributed by atoms with Gasteiger partial charge in [-0.1, -0.05) is 13.8 Å². The zero-order valence-electron chi connectivity index (χ0n) is 14.5. The number of carbonyl (C=O) groups is 2. The third-order valence-corrected chi connectivity index (χ3v) is 4.32. The highest BCUT2D eigenvalue weighted by molar-refractivity contribution is 6.17. The zero-order chi connectivity index (χ0) is 19.1. The average molecular weight is 361 g/mol. The topological polar surface area (TPSA) is 75.3 Å². The molecule has 0 spiro atoms. The maximum atomic E-state index is 13.5. The first-order chi connectivity index (χ1) is 12.2. The molecule has 0 bridgehead atoms. The number of aromatic amines is 1. The van der Waals surface area contributed by atoms with Crippen LogP contribution in [0.2, 0.25) is 0 Å². The number of aromatic nitrogens is 2. The molecule has 6 nitrogen and oxygen atoms in total. The number of ether oxygens (including phenoxy) is 1. The molecule has 0 saturated heterocycles. The van der Waals surface area contributed by atoms with E-state index in [1.807, 2.05) is 13.8 Å². The first kappa shape index (κ1) is 17.8. The summed E-state index contributed by atoms with van der Waals surface area (Å²) in [6.07, 6.45) is 2.94. The minimum atomic E-state index is -1.11. The van der Waals surface area contributed by atoms with Crippen molar-refractivity contribution in [1.29, 1.82) is 0 Å². The van der Waals surface area contributed by atoms with Crippen molar-refractivity contribution < 1.29 is 23.1 Å². The number of fused-ring (bicyclic) bond motifs is 1. The van der Waals surface area contributed by atoms with Crippen molar-refractivity contribution >= 4 is 17.4 Å². The number of nitrogens with one attached hydrogen (secondary N) is 1. The number of nitrogens with zero attached hydrogens (tertiary/aromatic N) is 2. The van der Waals surface area contributed by atoms with Crippen LogP contribution in [0, 0.1) is 11.6 Å². The van der Waals surface area contributed by atoms with Gasteiger partial charge in [-0.05, 0) is 18.2 Å². The van der Waals surface area contributed by atoms with E-state index in [1.54, 1.807) is 6.20 Å². The van der Waals surface area contributed by atoms with Crippen LogP contribution in [0.15, 0.2) is 30.6 Å². The van der Waals surface area contributed by atoms with Gasteiger partial charge in [-0.2, -0.15) is 5.10 Å². The van der Waals surface area contributed by atoms with Gasteiger partial charge in [-0.15, -0.1) is 0 Å². The van der Waals surface area contributed by atoms with Crippen LogP contribution in [0.5, 0.6) is 0 Å². The standard InChI is InChI=1S/C18H17F2N3O3/c1-18(2)9-23(16(24)10-4-5-13(19)14(20)6-10)8-11(17(25)26-3)15-12(18)7-21-22-15/h4-8H,9H2,1-3H3,(H,21,22). The van der Waals surface area contributed by atoms with Crippen molar-refractivity contribution in [2.75, 3.05) is 13.7 Å². The van der Waals surface area contributed by atoms with Crippen LogP contribution in [0.3, 0.4) is 0 Å². The third kappa shape index (κ3) is 2.98. The average Bonchev–Trinajstić information content (AvgIpc) is 3.06. The fourth-order valence-corrected chi connectivity index (χ4v) is 2.97. The second-order valence-corrected chi connectivity index (χ2v) is 6.64. The van der Waals surface area contributed by atoms with E-state index < -0.39 is 28.9 Å². The molecule has 3 rings (SSSR count). The molecule has 1 N–H and O–H groups in total. The number of H-pyrrole nitrogens is 1. The molecule has 0 radical (unpaired) electrons. The Morgan fingerprint density at radius 3 is 2.65 bits per heavy atom. The molecule has 1 aliphatic rings. The summed E-state index contributed by atoms with van der Waals surface area (Å²) >= 11 is 0. The summed E-state index contributed by atoms with van der Waals surface area (Å²) in [6.45, 7) is 3.99. The molecule has 0 unspecified atom stereocenters. The van der Waals surface area contributed by atoms with Gasteiger partial charge in [0.25, 0.3) is 5.91 Å². The van der Waals surface area contributed by atoms with Crippen LogP contribution >= 0.6 is 0 Å². The SMILES string of the molecule is COC(=O)C1=CN(C(=O)c2ccc(F)c(F)c2)CC(C)(C)c2cn[nH]c21. The van der Waals surface area contributed by atoms with Gasteiger partial charge in [-0.3, -0.25) is 9.89 Å². The van der Waals surface area contributed by atoms with E-state index in [0.29, 0.717) is 5.69 Å². The Hall–Kier alpha value is -3.03.